The molecule has 1 fully saturated rings. The van der Waals surface area contributed by atoms with Gasteiger partial charge in [0.25, 0.3) is 5.91 Å². The van der Waals surface area contributed by atoms with Gasteiger partial charge in [0, 0.05) is 48.6 Å². The average Bonchev–Trinajstić information content (AvgIpc) is 3.29. The lowest BCUT2D eigenvalue weighted by molar-refractivity contribution is -0.128. The van der Waals surface area contributed by atoms with Crippen molar-refractivity contribution in [3.8, 4) is 22.9 Å². The van der Waals surface area contributed by atoms with Crippen LogP contribution < -0.4 is 5.73 Å². The number of benzene rings is 2. The molecule has 2 N–H and O–H groups in total. The smallest absolute Gasteiger partial charge is 0.264 e. The Kier molecular flexibility index (Phi) is 6.42. The van der Waals surface area contributed by atoms with Gasteiger partial charge < -0.3 is 20.1 Å². The summed E-state index contributed by atoms with van der Waals surface area (Å²) in [5.74, 6) is 0.136. The first-order chi connectivity index (χ1) is 17.4. The van der Waals surface area contributed by atoms with E-state index in [0.717, 1.165) is 40.9 Å². The number of halogens is 1. The molecule has 5 rings (SSSR count). The predicted octanol–water partition coefficient (Wildman–Crippen LogP) is 4.00. The van der Waals surface area contributed by atoms with Crippen LogP contribution in [0.4, 0.5) is 5.82 Å². The topological polar surface area (TPSA) is 104 Å². The summed E-state index contributed by atoms with van der Waals surface area (Å²) in [4.78, 5) is 25.5. The lowest BCUT2D eigenvalue weighted by atomic mass is 10.1. The molecule has 180 valence electrons. The van der Waals surface area contributed by atoms with Crippen molar-refractivity contribution in [1.29, 1.82) is 5.26 Å². The number of rotatable bonds is 4. The van der Waals surface area contributed by atoms with E-state index < -0.39 is 0 Å². The van der Waals surface area contributed by atoms with Crippen molar-refractivity contribution in [2.75, 3.05) is 39.0 Å². The number of nitrogens with zero attached hydrogens (tertiary/aromatic N) is 6. The Morgan fingerprint density at radius 1 is 1.11 bits per heavy atom. The number of fused-ring (bicyclic) bond motifs is 1. The van der Waals surface area contributed by atoms with Crippen molar-refractivity contribution < 1.29 is 4.79 Å². The number of aromatic nitrogens is 3. The van der Waals surface area contributed by atoms with E-state index in [0.29, 0.717) is 29.6 Å². The summed E-state index contributed by atoms with van der Waals surface area (Å²) in [7, 11) is 2.02. The quantitative estimate of drug-likeness (QED) is 0.337. The van der Waals surface area contributed by atoms with Gasteiger partial charge in [0.05, 0.1) is 5.39 Å². The molecule has 0 aliphatic carbocycles. The molecule has 1 aliphatic rings. The molecular formula is C27H24ClN7O. The lowest BCUT2D eigenvalue weighted by Gasteiger charge is -2.32. The van der Waals surface area contributed by atoms with Crippen molar-refractivity contribution in [1.82, 2.24) is 24.3 Å². The maximum Gasteiger partial charge on any atom is 0.264 e. The zero-order chi connectivity index (χ0) is 25.2. The molecule has 0 bridgehead atoms. The van der Waals surface area contributed by atoms with Gasteiger partial charge in [-0.05, 0) is 48.5 Å². The molecule has 0 atom stereocenters. The summed E-state index contributed by atoms with van der Waals surface area (Å²) in [6.45, 7) is 2.81. The van der Waals surface area contributed by atoms with E-state index in [2.05, 4.69) is 20.9 Å². The molecule has 9 heteroatoms. The monoisotopic (exact) mass is 497 g/mol. The molecule has 4 aromatic rings. The van der Waals surface area contributed by atoms with Crippen LogP contribution in [-0.2, 0) is 4.79 Å². The van der Waals surface area contributed by atoms with Crippen molar-refractivity contribution in [2.24, 2.45) is 0 Å². The first-order valence-corrected chi connectivity index (χ1v) is 11.9. The molecule has 3 heterocycles. The van der Waals surface area contributed by atoms with E-state index in [1.807, 2.05) is 66.3 Å². The number of nitriles is 1. The number of hydrogen-bond acceptors (Lipinski definition) is 6. The standard InChI is InChI=1S/C27H24ClN7O/c1-33-9-11-34(12-10-33)27(36)20(15-29)13-18-3-2-4-22(14-18)35-16-23(19-5-7-21(28)8-6-19)24-25(30)31-17-32-26(24)35/h2-8,13-14,16-17H,9-12H2,1H3,(H2,30,31,32)/b20-13-. The Morgan fingerprint density at radius 3 is 2.58 bits per heavy atom. The van der Waals surface area contributed by atoms with Gasteiger partial charge >= 0.3 is 0 Å². The summed E-state index contributed by atoms with van der Waals surface area (Å²) in [6, 6.07) is 17.2. The van der Waals surface area contributed by atoms with E-state index in [9.17, 15) is 10.1 Å². The number of nitrogen functional groups attached to an aromatic ring is 1. The number of piperazine rings is 1. The molecule has 1 aliphatic heterocycles. The Morgan fingerprint density at radius 2 is 1.86 bits per heavy atom. The molecule has 0 radical (unpaired) electrons. The van der Waals surface area contributed by atoms with Crippen LogP contribution in [0.1, 0.15) is 5.56 Å². The highest BCUT2D eigenvalue weighted by molar-refractivity contribution is 6.30. The average molecular weight is 498 g/mol. The van der Waals surface area contributed by atoms with Crippen LogP contribution in [0.5, 0.6) is 0 Å². The SMILES string of the molecule is CN1CCN(C(=O)/C(C#N)=C\c2cccc(-n3cc(-c4ccc(Cl)cc4)c4c(N)ncnc43)c2)CC1. The third-order valence-electron chi connectivity index (χ3n) is 6.37. The van der Waals surface area contributed by atoms with Crippen molar-refractivity contribution in [3.05, 3.63) is 77.2 Å². The van der Waals surface area contributed by atoms with Crippen molar-refractivity contribution in [3.63, 3.8) is 0 Å². The molecule has 0 spiro atoms. The van der Waals surface area contributed by atoms with E-state index in [-0.39, 0.29) is 11.5 Å². The zero-order valence-electron chi connectivity index (χ0n) is 19.7. The highest BCUT2D eigenvalue weighted by Gasteiger charge is 2.22. The molecule has 0 unspecified atom stereocenters. The summed E-state index contributed by atoms with van der Waals surface area (Å²) >= 11 is 6.09. The maximum atomic E-state index is 13.0. The molecule has 8 nitrogen and oxygen atoms in total. The van der Waals surface area contributed by atoms with Gasteiger partial charge in [-0.15, -0.1) is 0 Å². The fourth-order valence-corrected chi connectivity index (χ4v) is 4.51. The summed E-state index contributed by atoms with van der Waals surface area (Å²) < 4.78 is 1.93. The van der Waals surface area contributed by atoms with E-state index >= 15 is 0 Å². The lowest BCUT2D eigenvalue weighted by Crippen LogP contribution is -2.47. The minimum atomic E-state index is -0.243. The van der Waals surface area contributed by atoms with Crippen LogP contribution in [0.2, 0.25) is 5.02 Å². The molecule has 36 heavy (non-hydrogen) atoms. The highest BCUT2D eigenvalue weighted by atomic mass is 35.5. The number of amides is 1. The maximum absolute atomic E-state index is 13.0. The number of carbonyl (C=O) groups is 1. The van der Waals surface area contributed by atoms with Crippen LogP contribution in [0.25, 0.3) is 33.9 Å². The third kappa shape index (κ3) is 4.54. The van der Waals surface area contributed by atoms with E-state index in [4.69, 9.17) is 17.3 Å². The van der Waals surface area contributed by atoms with Crippen molar-refractivity contribution >= 4 is 40.4 Å². The van der Waals surface area contributed by atoms with Gasteiger partial charge in [0.1, 0.15) is 23.8 Å². The van der Waals surface area contributed by atoms with Gasteiger partial charge in [-0.2, -0.15) is 5.26 Å². The fourth-order valence-electron chi connectivity index (χ4n) is 4.38. The molecule has 2 aromatic heterocycles. The van der Waals surface area contributed by atoms with Gasteiger partial charge in [-0.3, -0.25) is 4.79 Å². The molecule has 1 saturated heterocycles. The first kappa shape index (κ1) is 23.5. The highest BCUT2D eigenvalue weighted by Crippen LogP contribution is 2.35. The Hall–Kier alpha value is -4.19. The summed E-state index contributed by atoms with van der Waals surface area (Å²) in [6.07, 6.45) is 5.04. The van der Waals surface area contributed by atoms with Crippen LogP contribution in [0, 0.1) is 11.3 Å². The number of anilines is 1. The summed E-state index contributed by atoms with van der Waals surface area (Å²) in [5.41, 5.74) is 10.4. The Balaban J connectivity index is 1.54. The van der Waals surface area contributed by atoms with Crippen LogP contribution in [-0.4, -0.2) is 63.5 Å². The zero-order valence-corrected chi connectivity index (χ0v) is 20.5. The van der Waals surface area contributed by atoms with Gasteiger partial charge in [-0.1, -0.05) is 35.9 Å². The van der Waals surface area contributed by atoms with Crippen LogP contribution in [0.3, 0.4) is 0 Å². The molecule has 0 saturated carbocycles. The van der Waals surface area contributed by atoms with Gasteiger partial charge in [0.15, 0.2) is 5.65 Å². The number of nitrogens with two attached hydrogens (primary N) is 1. The fraction of sp³-hybridized carbons (Fsp3) is 0.185. The third-order valence-corrected chi connectivity index (χ3v) is 6.62. The second-order valence-corrected chi connectivity index (χ2v) is 9.17. The molecule has 1 amide bonds. The van der Waals surface area contributed by atoms with E-state index in [1.54, 1.807) is 11.0 Å². The Bertz CT molecular complexity index is 1510. The largest absolute Gasteiger partial charge is 0.383 e. The predicted molar refractivity (Wildman–Crippen MR) is 141 cm³/mol. The van der Waals surface area contributed by atoms with Gasteiger partial charge in [0.2, 0.25) is 0 Å². The number of carbonyl (C=O) groups excluding carboxylic acids is 1. The number of likely N-dealkylation sites (N-methyl/N-ethyl adjacent to an activating group) is 1. The normalized spacial score (nSPS) is 14.7. The minimum Gasteiger partial charge on any atom is -0.383 e. The summed E-state index contributed by atoms with van der Waals surface area (Å²) in [5, 5.41) is 11.1. The Labute approximate surface area is 213 Å². The second kappa shape index (κ2) is 9.82. The van der Waals surface area contributed by atoms with E-state index in [1.165, 1.54) is 6.33 Å². The second-order valence-electron chi connectivity index (χ2n) is 8.74. The first-order valence-electron chi connectivity index (χ1n) is 11.5. The van der Waals surface area contributed by atoms with Gasteiger partial charge in [-0.25, -0.2) is 9.97 Å². The van der Waals surface area contributed by atoms with Crippen LogP contribution in [0.15, 0.2) is 66.6 Å². The van der Waals surface area contributed by atoms with Crippen molar-refractivity contribution in [2.45, 2.75) is 0 Å². The molecule has 2 aromatic carbocycles. The molecular weight excluding hydrogens is 474 g/mol. The number of hydrogen-bond donors (Lipinski definition) is 1. The van der Waals surface area contributed by atoms with Crippen LogP contribution >= 0.6 is 11.6 Å². The minimum absolute atomic E-state index is 0.113.